The summed E-state index contributed by atoms with van der Waals surface area (Å²) in [4.78, 5) is 28.3. The van der Waals surface area contributed by atoms with Crippen LogP contribution < -0.4 is 4.74 Å². The van der Waals surface area contributed by atoms with Gasteiger partial charge in [-0.15, -0.1) is 0 Å². The first-order chi connectivity index (χ1) is 20.7. The predicted octanol–water partition coefficient (Wildman–Crippen LogP) is 6.98. The van der Waals surface area contributed by atoms with E-state index in [0.717, 1.165) is 38.6 Å². The van der Waals surface area contributed by atoms with E-state index in [0.29, 0.717) is 29.4 Å². The standard InChI is InChI=1S/C36H34N4O3/c1-23(2)22-43-30-15-16-31(25(4)17-30)34-28(21-40(38-34)29-9-7-6-8-10-29)18-32-26(5)33(19-37)36(42)39(35(32)41)20-27-13-11-24(3)12-14-27/h6-18,21,23H,20,22H2,1-5H3/b32-18+. The lowest BCUT2D eigenvalue weighted by Crippen LogP contribution is -2.42. The van der Waals surface area contributed by atoms with Crippen LogP contribution in [0.2, 0.25) is 0 Å². The first-order valence-corrected chi connectivity index (χ1v) is 14.3. The van der Waals surface area contributed by atoms with Gasteiger partial charge in [0, 0.05) is 22.9 Å². The number of benzene rings is 3. The molecule has 7 heteroatoms. The second kappa shape index (κ2) is 12.3. The van der Waals surface area contributed by atoms with Crippen molar-refractivity contribution in [3.63, 3.8) is 0 Å². The minimum atomic E-state index is -0.587. The molecule has 0 saturated heterocycles. The van der Waals surface area contributed by atoms with Crippen LogP contribution in [0.15, 0.2) is 95.7 Å². The number of carbonyl (C=O) groups excluding carboxylic acids is 2. The van der Waals surface area contributed by atoms with Gasteiger partial charge in [-0.25, -0.2) is 4.68 Å². The van der Waals surface area contributed by atoms with Crippen LogP contribution in [0.3, 0.4) is 0 Å². The maximum atomic E-state index is 13.9. The van der Waals surface area contributed by atoms with E-state index in [1.165, 1.54) is 0 Å². The van der Waals surface area contributed by atoms with Crippen molar-refractivity contribution >= 4 is 17.9 Å². The molecular formula is C36H34N4O3. The molecule has 2 amide bonds. The average Bonchev–Trinajstić information content (AvgIpc) is 3.41. The van der Waals surface area contributed by atoms with Crippen molar-refractivity contribution in [2.75, 3.05) is 6.61 Å². The van der Waals surface area contributed by atoms with Crippen LogP contribution in [0, 0.1) is 31.1 Å². The minimum absolute atomic E-state index is 0.0437. The van der Waals surface area contributed by atoms with Crippen LogP contribution in [0.5, 0.6) is 5.75 Å². The Kier molecular flexibility index (Phi) is 8.40. The number of amides is 2. The van der Waals surface area contributed by atoms with Crippen molar-refractivity contribution < 1.29 is 14.3 Å². The molecule has 4 aromatic rings. The quantitative estimate of drug-likeness (QED) is 0.168. The molecule has 0 bridgehead atoms. The molecule has 0 radical (unpaired) electrons. The number of para-hydroxylation sites is 1. The van der Waals surface area contributed by atoms with Gasteiger partial charge in [-0.2, -0.15) is 10.4 Å². The number of ether oxygens (including phenoxy) is 1. The van der Waals surface area contributed by atoms with Gasteiger partial charge in [0.1, 0.15) is 23.1 Å². The zero-order valence-corrected chi connectivity index (χ0v) is 25.1. The summed E-state index contributed by atoms with van der Waals surface area (Å²) in [5.41, 5.74) is 6.54. The molecule has 0 fully saturated rings. The molecule has 1 aliphatic heterocycles. The van der Waals surface area contributed by atoms with Gasteiger partial charge >= 0.3 is 0 Å². The van der Waals surface area contributed by atoms with Crippen LogP contribution >= 0.6 is 0 Å². The van der Waals surface area contributed by atoms with Crippen molar-refractivity contribution in [1.82, 2.24) is 14.7 Å². The highest BCUT2D eigenvalue weighted by molar-refractivity contribution is 6.19. The molecular weight excluding hydrogens is 536 g/mol. The monoisotopic (exact) mass is 570 g/mol. The number of hydrogen-bond acceptors (Lipinski definition) is 5. The van der Waals surface area contributed by atoms with Crippen molar-refractivity contribution in [3.05, 3.63) is 118 Å². The van der Waals surface area contributed by atoms with Crippen LogP contribution in [-0.2, 0) is 16.1 Å². The fourth-order valence-electron chi connectivity index (χ4n) is 4.97. The molecule has 1 aliphatic rings. The van der Waals surface area contributed by atoms with Crippen LogP contribution in [0.4, 0.5) is 0 Å². The Balaban J connectivity index is 1.62. The van der Waals surface area contributed by atoms with Crippen molar-refractivity contribution in [2.45, 2.75) is 41.2 Å². The molecule has 5 rings (SSSR count). The van der Waals surface area contributed by atoms with E-state index in [1.54, 1.807) is 17.7 Å². The van der Waals surface area contributed by atoms with E-state index in [1.807, 2.05) is 98.9 Å². The summed E-state index contributed by atoms with van der Waals surface area (Å²) in [6, 6.07) is 25.3. The normalized spacial score (nSPS) is 14.5. The lowest BCUT2D eigenvalue weighted by Gasteiger charge is -2.27. The fraction of sp³-hybridized carbons (Fsp3) is 0.222. The van der Waals surface area contributed by atoms with Crippen molar-refractivity contribution in [2.24, 2.45) is 5.92 Å². The van der Waals surface area contributed by atoms with E-state index in [-0.39, 0.29) is 17.7 Å². The third kappa shape index (κ3) is 6.19. The molecule has 7 nitrogen and oxygen atoms in total. The van der Waals surface area contributed by atoms with Crippen LogP contribution in [0.1, 0.15) is 43.0 Å². The third-order valence-corrected chi connectivity index (χ3v) is 7.39. The van der Waals surface area contributed by atoms with Crippen LogP contribution in [0.25, 0.3) is 23.0 Å². The second-order valence-corrected chi connectivity index (χ2v) is 11.2. The third-order valence-electron chi connectivity index (χ3n) is 7.39. The molecule has 0 atom stereocenters. The summed E-state index contributed by atoms with van der Waals surface area (Å²) in [5.74, 6) is 0.146. The number of aromatic nitrogens is 2. The molecule has 1 aromatic heterocycles. The van der Waals surface area contributed by atoms with Gasteiger partial charge in [-0.05, 0) is 79.8 Å². The van der Waals surface area contributed by atoms with Gasteiger partial charge < -0.3 is 4.74 Å². The number of rotatable bonds is 8. The number of imide groups is 1. The van der Waals surface area contributed by atoms with Gasteiger partial charge in [0.2, 0.25) is 0 Å². The van der Waals surface area contributed by atoms with E-state index in [4.69, 9.17) is 9.84 Å². The van der Waals surface area contributed by atoms with Gasteiger partial charge in [-0.1, -0.05) is 61.9 Å². The van der Waals surface area contributed by atoms with Crippen LogP contribution in [-0.4, -0.2) is 33.1 Å². The Hall–Kier alpha value is -5.22. The maximum absolute atomic E-state index is 13.9. The van der Waals surface area contributed by atoms with Gasteiger partial charge in [-0.3, -0.25) is 14.5 Å². The number of aryl methyl sites for hydroxylation is 2. The molecule has 0 saturated carbocycles. The number of hydrogen-bond donors (Lipinski definition) is 0. The highest BCUT2D eigenvalue weighted by Gasteiger charge is 2.35. The molecule has 0 unspecified atom stereocenters. The number of nitrogens with zero attached hydrogens (tertiary/aromatic N) is 4. The smallest absolute Gasteiger partial charge is 0.271 e. The summed E-state index contributed by atoms with van der Waals surface area (Å²) in [7, 11) is 0. The number of nitriles is 1. The van der Waals surface area contributed by atoms with Gasteiger partial charge in [0.05, 0.1) is 18.8 Å². The molecule has 0 spiro atoms. The average molecular weight is 571 g/mol. The predicted molar refractivity (Wildman–Crippen MR) is 167 cm³/mol. The number of carbonyl (C=O) groups is 2. The minimum Gasteiger partial charge on any atom is -0.493 e. The summed E-state index contributed by atoms with van der Waals surface area (Å²) >= 11 is 0. The Labute approximate surface area is 252 Å². The first kappa shape index (κ1) is 29.3. The molecule has 3 aromatic carbocycles. The van der Waals surface area contributed by atoms with E-state index in [2.05, 4.69) is 13.8 Å². The van der Waals surface area contributed by atoms with Gasteiger partial charge in [0.25, 0.3) is 11.8 Å². The summed E-state index contributed by atoms with van der Waals surface area (Å²) in [5, 5.41) is 14.9. The zero-order valence-electron chi connectivity index (χ0n) is 25.1. The Bertz CT molecular complexity index is 1790. The molecule has 216 valence electrons. The van der Waals surface area contributed by atoms with E-state index >= 15 is 0 Å². The Morgan fingerprint density at radius 1 is 0.953 bits per heavy atom. The fourth-order valence-corrected chi connectivity index (χ4v) is 4.97. The summed E-state index contributed by atoms with van der Waals surface area (Å²) in [6.07, 6.45) is 3.61. The first-order valence-electron chi connectivity index (χ1n) is 14.3. The molecule has 0 N–H and O–H groups in total. The SMILES string of the molecule is CC1=C(C#N)C(=O)N(Cc2ccc(C)cc2)C(=O)/C1=C/c1cn(-c2ccccc2)nc1-c1ccc(OCC(C)C)cc1C. The van der Waals surface area contributed by atoms with E-state index < -0.39 is 11.8 Å². The molecule has 2 heterocycles. The largest absolute Gasteiger partial charge is 0.493 e. The Morgan fingerprint density at radius 2 is 1.67 bits per heavy atom. The maximum Gasteiger partial charge on any atom is 0.271 e. The zero-order chi connectivity index (χ0) is 30.7. The lowest BCUT2D eigenvalue weighted by molar-refractivity contribution is -0.141. The molecule has 43 heavy (non-hydrogen) atoms. The summed E-state index contributed by atoms with van der Waals surface area (Å²) in [6.45, 7) is 10.5. The van der Waals surface area contributed by atoms with Gasteiger partial charge in [0.15, 0.2) is 0 Å². The van der Waals surface area contributed by atoms with Crippen molar-refractivity contribution in [3.8, 4) is 28.8 Å². The Morgan fingerprint density at radius 3 is 2.33 bits per heavy atom. The van der Waals surface area contributed by atoms with Crippen molar-refractivity contribution in [1.29, 1.82) is 5.26 Å². The topological polar surface area (TPSA) is 88.2 Å². The second-order valence-electron chi connectivity index (χ2n) is 11.2. The highest BCUT2D eigenvalue weighted by atomic mass is 16.5. The highest BCUT2D eigenvalue weighted by Crippen LogP contribution is 2.34. The summed E-state index contributed by atoms with van der Waals surface area (Å²) < 4.78 is 7.71. The van der Waals surface area contributed by atoms with E-state index in [9.17, 15) is 14.9 Å². The lowest BCUT2D eigenvalue weighted by atomic mass is 9.92. The molecule has 0 aliphatic carbocycles.